The Bertz CT molecular complexity index is 877. The summed E-state index contributed by atoms with van der Waals surface area (Å²) in [5.74, 6) is -0.450. The van der Waals surface area contributed by atoms with Gasteiger partial charge in [-0.25, -0.2) is 4.39 Å². The lowest BCUT2D eigenvalue weighted by Gasteiger charge is -2.09. The number of rotatable bonds is 6. The number of benzene rings is 2. The van der Waals surface area contributed by atoms with Gasteiger partial charge in [0.15, 0.2) is 0 Å². The average molecular weight is 349 g/mol. The molecule has 132 valence electrons. The molecule has 2 N–H and O–H groups in total. The first-order valence-corrected chi connectivity index (χ1v) is 8.41. The minimum atomic E-state index is -0.262. The zero-order valence-corrected chi connectivity index (χ0v) is 14.5. The molecule has 26 heavy (non-hydrogen) atoms. The van der Waals surface area contributed by atoms with Crippen LogP contribution in [0.15, 0.2) is 67.0 Å². The van der Waals surface area contributed by atoms with Crippen LogP contribution in [-0.2, 0) is 6.42 Å². The van der Waals surface area contributed by atoms with E-state index in [0.717, 1.165) is 16.9 Å². The van der Waals surface area contributed by atoms with Gasteiger partial charge in [0.25, 0.3) is 5.91 Å². The second-order valence-corrected chi connectivity index (χ2v) is 6.09. The molecule has 5 heteroatoms. The maximum Gasteiger partial charge on any atom is 0.252 e. The lowest BCUT2D eigenvalue weighted by molar-refractivity contribution is 0.0954. The minimum Gasteiger partial charge on any atom is -0.354 e. The molecule has 0 fully saturated rings. The van der Waals surface area contributed by atoms with Gasteiger partial charge in [0, 0.05) is 18.4 Å². The predicted octanol–water partition coefficient (Wildman–Crippen LogP) is 4.25. The van der Waals surface area contributed by atoms with Gasteiger partial charge in [-0.3, -0.25) is 9.78 Å². The Hall–Kier alpha value is -3.21. The zero-order valence-electron chi connectivity index (χ0n) is 14.5. The molecule has 0 saturated carbocycles. The predicted molar refractivity (Wildman–Crippen MR) is 101 cm³/mol. The van der Waals surface area contributed by atoms with Gasteiger partial charge in [0.2, 0.25) is 0 Å². The van der Waals surface area contributed by atoms with Gasteiger partial charge in [0.1, 0.15) is 5.82 Å². The molecule has 3 aromatic rings. The molecule has 0 aliphatic heterocycles. The van der Waals surface area contributed by atoms with Gasteiger partial charge in [-0.2, -0.15) is 0 Å². The van der Waals surface area contributed by atoms with E-state index in [9.17, 15) is 9.18 Å². The number of halogens is 1. The van der Waals surface area contributed by atoms with Crippen molar-refractivity contribution >= 4 is 17.3 Å². The second kappa shape index (κ2) is 8.25. The van der Waals surface area contributed by atoms with Gasteiger partial charge in [-0.05, 0) is 49.2 Å². The van der Waals surface area contributed by atoms with Crippen molar-refractivity contribution in [2.75, 3.05) is 11.9 Å². The molecule has 0 atom stereocenters. The fourth-order valence-corrected chi connectivity index (χ4v) is 2.51. The van der Waals surface area contributed by atoms with Crippen LogP contribution in [0.1, 0.15) is 21.5 Å². The second-order valence-electron chi connectivity index (χ2n) is 6.09. The first-order valence-electron chi connectivity index (χ1n) is 8.41. The normalized spacial score (nSPS) is 10.4. The quantitative estimate of drug-likeness (QED) is 0.700. The molecule has 0 saturated heterocycles. The first kappa shape index (κ1) is 17.6. The topological polar surface area (TPSA) is 54.0 Å². The summed E-state index contributed by atoms with van der Waals surface area (Å²) in [6.45, 7) is 2.50. The van der Waals surface area contributed by atoms with E-state index in [1.165, 1.54) is 23.9 Å². The maximum absolute atomic E-state index is 12.9. The number of nitrogens with zero attached hydrogens (tertiary/aromatic N) is 1. The van der Waals surface area contributed by atoms with Crippen molar-refractivity contribution in [3.63, 3.8) is 0 Å². The minimum absolute atomic E-state index is 0.188. The Labute approximate surface area is 152 Å². The number of hydrogen-bond acceptors (Lipinski definition) is 3. The van der Waals surface area contributed by atoms with Crippen LogP contribution in [0.5, 0.6) is 0 Å². The fourth-order valence-electron chi connectivity index (χ4n) is 2.51. The van der Waals surface area contributed by atoms with E-state index in [2.05, 4.69) is 15.6 Å². The molecule has 4 nitrogen and oxygen atoms in total. The van der Waals surface area contributed by atoms with Crippen molar-refractivity contribution in [2.45, 2.75) is 13.3 Å². The van der Waals surface area contributed by atoms with E-state index in [1.54, 1.807) is 24.4 Å². The molecule has 0 radical (unpaired) electrons. The molecule has 0 spiro atoms. The Kier molecular flexibility index (Phi) is 5.59. The molecule has 0 bridgehead atoms. The number of anilines is 2. The number of aryl methyl sites for hydroxylation is 1. The molecule has 1 heterocycles. The van der Waals surface area contributed by atoms with Crippen LogP contribution in [0.2, 0.25) is 0 Å². The molecule has 0 aliphatic rings. The van der Waals surface area contributed by atoms with Gasteiger partial charge in [0.05, 0.1) is 17.4 Å². The standard InChI is InChI=1S/C21H20FN3O/c1-15-2-8-19(9-3-15)25-20-12-17(13-23-14-20)21(26)24-11-10-16-4-6-18(22)7-5-16/h2-9,12-14,25H,10-11H2,1H3,(H,24,26). The largest absolute Gasteiger partial charge is 0.354 e. The molecular formula is C21H20FN3O. The number of amides is 1. The monoisotopic (exact) mass is 349 g/mol. The summed E-state index contributed by atoms with van der Waals surface area (Å²) in [6, 6.07) is 16.0. The van der Waals surface area contributed by atoms with Crippen molar-refractivity contribution in [3.05, 3.63) is 89.5 Å². The molecule has 3 rings (SSSR count). The maximum atomic E-state index is 12.9. The summed E-state index contributed by atoms with van der Waals surface area (Å²) < 4.78 is 12.9. The van der Waals surface area contributed by atoms with E-state index >= 15 is 0 Å². The molecule has 0 aliphatic carbocycles. The van der Waals surface area contributed by atoms with Gasteiger partial charge in [-0.15, -0.1) is 0 Å². The number of carbonyl (C=O) groups excluding carboxylic acids is 1. The fraction of sp³-hybridized carbons (Fsp3) is 0.143. The number of pyridine rings is 1. The highest BCUT2D eigenvalue weighted by Crippen LogP contribution is 2.17. The highest BCUT2D eigenvalue weighted by Gasteiger charge is 2.07. The number of aromatic nitrogens is 1. The van der Waals surface area contributed by atoms with Crippen molar-refractivity contribution in [3.8, 4) is 0 Å². The number of hydrogen-bond donors (Lipinski definition) is 2. The third-order valence-electron chi connectivity index (χ3n) is 3.95. The summed E-state index contributed by atoms with van der Waals surface area (Å²) in [5, 5.41) is 6.10. The Morgan fingerprint density at radius 3 is 2.46 bits per heavy atom. The summed E-state index contributed by atoms with van der Waals surface area (Å²) >= 11 is 0. The van der Waals surface area contributed by atoms with E-state index < -0.39 is 0 Å². The number of nitrogens with one attached hydrogen (secondary N) is 2. The van der Waals surface area contributed by atoms with Gasteiger partial charge in [-0.1, -0.05) is 29.8 Å². The van der Waals surface area contributed by atoms with Gasteiger partial charge >= 0.3 is 0 Å². The third kappa shape index (κ3) is 4.89. The highest BCUT2D eigenvalue weighted by molar-refractivity contribution is 5.94. The van der Waals surface area contributed by atoms with Crippen molar-refractivity contribution in [2.24, 2.45) is 0 Å². The van der Waals surface area contributed by atoms with E-state index in [-0.39, 0.29) is 11.7 Å². The SMILES string of the molecule is Cc1ccc(Nc2cncc(C(=O)NCCc3ccc(F)cc3)c2)cc1. The summed E-state index contributed by atoms with van der Waals surface area (Å²) in [5.41, 5.74) is 4.33. The van der Waals surface area contributed by atoms with Crippen molar-refractivity contribution in [1.29, 1.82) is 0 Å². The average Bonchev–Trinajstić information content (AvgIpc) is 2.65. The van der Waals surface area contributed by atoms with Crippen LogP contribution < -0.4 is 10.6 Å². The Morgan fingerprint density at radius 1 is 1.00 bits per heavy atom. The molecule has 1 aromatic heterocycles. The van der Waals surface area contributed by atoms with E-state index in [0.29, 0.717) is 18.5 Å². The lowest BCUT2D eigenvalue weighted by atomic mass is 10.1. The first-order chi connectivity index (χ1) is 12.6. The molecular weight excluding hydrogens is 329 g/mol. The van der Waals surface area contributed by atoms with Gasteiger partial charge < -0.3 is 10.6 Å². The number of carbonyl (C=O) groups is 1. The molecule has 0 unspecified atom stereocenters. The van der Waals surface area contributed by atoms with Crippen LogP contribution in [0, 0.1) is 12.7 Å². The molecule has 1 amide bonds. The summed E-state index contributed by atoms with van der Waals surface area (Å²) in [6.07, 6.45) is 3.85. The zero-order chi connectivity index (χ0) is 18.4. The van der Waals surface area contributed by atoms with Crippen LogP contribution in [0.3, 0.4) is 0 Å². The lowest BCUT2D eigenvalue weighted by Crippen LogP contribution is -2.25. The summed E-state index contributed by atoms with van der Waals surface area (Å²) in [7, 11) is 0. The van der Waals surface area contributed by atoms with Crippen molar-refractivity contribution in [1.82, 2.24) is 10.3 Å². The van der Waals surface area contributed by atoms with Crippen LogP contribution in [0.25, 0.3) is 0 Å². The smallest absolute Gasteiger partial charge is 0.252 e. The van der Waals surface area contributed by atoms with E-state index in [4.69, 9.17) is 0 Å². The van der Waals surface area contributed by atoms with Crippen LogP contribution in [0.4, 0.5) is 15.8 Å². The van der Waals surface area contributed by atoms with E-state index in [1.807, 2.05) is 31.2 Å². The van der Waals surface area contributed by atoms with Crippen molar-refractivity contribution < 1.29 is 9.18 Å². The Morgan fingerprint density at radius 2 is 1.73 bits per heavy atom. The summed E-state index contributed by atoms with van der Waals surface area (Å²) in [4.78, 5) is 16.4. The Balaban J connectivity index is 1.57. The third-order valence-corrected chi connectivity index (χ3v) is 3.95. The van der Waals surface area contributed by atoms with Crippen LogP contribution >= 0.6 is 0 Å². The molecule has 2 aromatic carbocycles. The van der Waals surface area contributed by atoms with Crippen LogP contribution in [-0.4, -0.2) is 17.4 Å². The highest BCUT2D eigenvalue weighted by atomic mass is 19.1.